The van der Waals surface area contributed by atoms with Gasteiger partial charge in [0.05, 0.1) is 6.54 Å². The average Bonchev–Trinajstić information content (AvgIpc) is 2.73. The fraction of sp³-hybridized carbons (Fsp3) is 0.350. The van der Waals surface area contributed by atoms with Crippen LogP contribution in [0.4, 0.5) is 4.39 Å². The molecule has 1 N–H and O–H groups in total. The fourth-order valence-corrected chi connectivity index (χ4v) is 4.79. The molecular formula is C20H22ClFN2O4S. The third kappa shape index (κ3) is 5.46. The van der Waals surface area contributed by atoms with E-state index in [0.29, 0.717) is 23.9 Å². The van der Waals surface area contributed by atoms with Crippen LogP contribution in [0.5, 0.6) is 5.75 Å². The van der Waals surface area contributed by atoms with Crippen LogP contribution in [0.25, 0.3) is 0 Å². The van der Waals surface area contributed by atoms with Crippen LogP contribution in [0, 0.1) is 5.82 Å². The maximum atomic E-state index is 14.2. The zero-order valence-corrected chi connectivity index (χ0v) is 17.3. The van der Waals surface area contributed by atoms with E-state index in [1.54, 1.807) is 24.3 Å². The highest BCUT2D eigenvalue weighted by Gasteiger charge is 2.29. The van der Waals surface area contributed by atoms with Gasteiger partial charge in [0.15, 0.2) is 0 Å². The summed E-state index contributed by atoms with van der Waals surface area (Å²) in [6.07, 6.45) is 2.44. The molecular weight excluding hydrogens is 419 g/mol. The molecule has 1 aliphatic heterocycles. The lowest BCUT2D eigenvalue weighted by molar-refractivity contribution is 0.0946. The largest absolute Gasteiger partial charge is 0.492 e. The second kappa shape index (κ2) is 9.56. The first-order valence-corrected chi connectivity index (χ1v) is 11.2. The maximum Gasteiger partial charge on any atom is 0.251 e. The molecule has 1 heterocycles. The van der Waals surface area contributed by atoms with E-state index in [0.717, 1.165) is 31.4 Å². The molecule has 0 atom stereocenters. The topological polar surface area (TPSA) is 75.7 Å². The number of piperidine rings is 1. The summed E-state index contributed by atoms with van der Waals surface area (Å²) < 4.78 is 46.5. The molecule has 0 aromatic heterocycles. The predicted octanol–water partition coefficient (Wildman–Crippen LogP) is 3.46. The molecule has 0 spiro atoms. The highest BCUT2D eigenvalue weighted by molar-refractivity contribution is 7.89. The van der Waals surface area contributed by atoms with Gasteiger partial charge in [-0.2, -0.15) is 4.31 Å². The number of nitrogens with one attached hydrogen (secondary N) is 1. The van der Waals surface area contributed by atoms with Crippen molar-refractivity contribution in [1.82, 2.24) is 9.62 Å². The summed E-state index contributed by atoms with van der Waals surface area (Å²) in [6.45, 7) is 1.14. The number of hydrogen-bond donors (Lipinski definition) is 1. The summed E-state index contributed by atoms with van der Waals surface area (Å²) in [5.74, 6) is -0.752. The number of carbonyl (C=O) groups is 1. The molecule has 29 heavy (non-hydrogen) atoms. The second-order valence-electron chi connectivity index (χ2n) is 6.67. The van der Waals surface area contributed by atoms with Crippen molar-refractivity contribution in [2.24, 2.45) is 0 Å². The van der Waals surface area contributed by atoms with Gasteiger partial charge in [0.2, 0.25) is 10.0 Å². The van der Waals surface area contributed by atoms with E-state index >= 15 is 0 Å². The minimum Gasteiger partial charge on any atom is -0.492 e. The van der Waals surface area contributed by atoms with Crippen LogP contribution >= 0.6 is 11.6 Å². The van der Waals surface area contributed by atoms with Crippen LogP contribution in [-0.2, 0) is 10.0 Å². The Morgan fingerprint density at radius 1 is 1.10 bits per heavy atom. The molecule has 1 amide bonds. The molecule has 0 aliphatic carbocycles. The Labute approximate surface area is 174 Å². The number of hydrogen-bond acceptors (Lipinski definition) is 4. The van der Waals surface area contributed by atoms with Gasteiger partial charge in [-0.25, -0.2) is 12.8 Å². The van der Waals surface area contributed by atoms with Crippen molar-refractivity contribution < 1.29 is 22.3 Å². The lowest BCUT2D eigenvalue weighted by Crippen LogP contribution is -2.36. The predicted molar refractivity (Wildman–Crippen MR) is 108 cm³/mol. The highest BCUT2D eigenvalue weighted by Crippen LogP contribution is 2.24. The summed E-state index contributed by atoms with van der Waals surface area (Å²) in [7, 11) is -3.97. The summed E-state index contributed by atoms with van der Waals surface area (Å²) in [6, 6.07) is 10.2. The van der Waals surface area contributed by atoms with E-state index in [1.807, 2.05) is 0 Å². The molecule has 6 nitrogen and oxygen atoms in total. The molecule has 1 fully saturated rings. The Balaban J connectivity index is 1.62. The normalized spacial score (nSPS) is 15.1. The van der Waals surface area contributed by atoms with E-state index < -0.39 is 26.6 Å². The van der Waals surface area contributed by atoms with Crippen LogP contribution in [0.3, 0.4) is 0 Å². The van der Waals surface area contributed by atoms with Crippen LogP contribution in [-0.4, -0.2) is 44.9 Å². The van der Waals surface area contributed by atoms with Gasteiger partial charge in [-0.3, -0.25) is 4.79 Å². The van der Waals surface area contributed by atoms with Crippen molar-refractivity contribution in [2.45, 2.75) is 24.2 Å². The molecule has 156 valence electrons. The molecule has 1 aliphatic rings. The molecule has 0 saturated carbocycles. The van der Waals surface area contributed by atoms with Crippen molar-refractivity contribution in [1.29, 1.82) is 0 Å². The SMILES string of the molecule is O=C(NCCOc1ccc(Cl)cc1)c1ccc(F)c(S(=O)(=O)N2CCCCC2)c1. The van der Waals surface area contributed by atoms with E-state index in [1.165, 1.54) is 10.4 Å². The number of benzene rings is 2. The number of rotatable bonds is 7. The van der Waals surface area contributed by atoms with Crippen molar-refractivity contribution >= 4 is 27.5 Å². The number of nitrogens with zero attached hydrogens (tertiary/aromatic N) is 1. The number of ether oxygens (including phenoxy) is 1. The van der Waals surface area contributed by atoms with Crippen LogP contribution in [0.2, 0.25) is 5.02 Å². The quantitative estimate of drug-likeness (QED) is 0.669. The molecule has 3 rings (SSSR count). The summed E-state index contributed by atoms with van der Waals surface area (Å²) >= 11 is 5.80. The third-order valence-electron chi connectivity index (χ3n) is 4.60. The Morgan fingerprint density at radius 3 is 2.48 bits per heavy atom. The number of sulfonamides is 1. The van der Waals surface area contributed by atoms with Crippen molar-refractivity contribution in [3.8, 4) is 5.75 Å². The van der Waals surface area contributed by atoms with Crippen LogP contribution < -0.4 is 10.1 Å². The van der Waals surface area contributed by atoms with Crippen LogP contribution in [0.15, 0.2) is 47.4 Å². The first-order chi connectivity index (χ1) is 13.9. The minimum absolute atomic E-state index is 0.0773. The minimum atomic E-state index is -3.97. The number of amides is 1. The zero-order valence-electron chi connectivity index (χ0n) is 15.7. The van der Waals surface area contributed by atoms with E-state index in [9.17, 15) is 17.6 Å². The van der Waals surface area contributed by atoms with Gasteiger partial charge in [0.25, 0.3) is 5.91 Å². The Hall–Kier alpha value is -2.16. The van der Waals surface area contributed by atoms with Gasteiger partial charge in [0.1, 0.15) is 23.1 Å². The van der Waals surface area contributed by atoms with Gasteiger partial charge in [-0.05, 0) is 55.3 Å². The monoisotopic (exact) mass is 440 g/mol. The molecule has 0 radical (unpaired) electrons. The molecule has 9 heteroatoms. The van der Waals surface area contributed by atoms with E-state index in [2.05, 4.69) is 5.32 Å². The van der Waals surface area contributed by atoms with Crippen molar-refractivity contribution in [2.75, 3.05) is 26.2 Å². The van der Waals surface area contributed by atoms with Crippen molar-refractivity contribution in [3.63, 3.8) is 0 Å². The lowest BCUT2D eigenvalue weighted by Gasteiger charge is -2.26. The highest BCUT2D eigenvalue weighted by atomic mass is 35.5. The molecule has 0 unspecified atom stereocenters. The first-order valence-electron chi connectivity index (χ1n) is 9.34. The molecule has 2 aromatic rings. The molecule has 0 bridgehead atoms. The Kier molecular flexibility index (Phi) is 7.10. The van der Waals surface area contributed by atoms with Gasteiger partial charge in [-0.1, -0.05) is 18.0 Å². The Morgan fingerprint density at radius 2 is 1.79 bits per heavy atom. The number of halogens is 2. The summed E-state index contributed by atoms with van der Waals surface area (Å²) in [5.41, 5.74) is 0.0773. The lowest BCUT2D eigenvalue weighted by atomic mass is 10.2. The molecule has 1 saturated heterocycles. The average molecular weight is 441 g/mol. The Bertz CT molecular complexity index is 961. The summed E-state index contributed by atoms with van der Waals surface area (Å²) in [4.78, 5) is 11.9. The zero-order chi connectivity index (χ0) is 20.9. The standard InChI is InChI=1S/C20H22ClFN2O4S/c21-16-5-7-17(8-6-16)28-13-10-23-20(25)15-4-9-18(22)19(14-15)29(26,27)24-11-2-1-3-12-24/h4-9,14H,1-3,10-13H2,(H,23,25). The van der Waals surface area contributed by atoms with E-state index in [-0.39, 0.29) is 18.7 Å². The van der Waals surface area contributed by atoms with Gasteiger partial charge < -0.3 is 10.1 Å². The van der Waals surface area contributed by atoms with Crippen molar-refractivity contribution in [3.05, 3.63) is 58.9 Å². The van der Waals surface area contributed by atoms with Crippen LogP contribution in [0.1, 0.15) is 29.6 Å². The fourth-order valence-electron chi connectivity index (χ4n) is 3.05. The van der Waals surface area contributed by atoms with Gasteiger partial charge in [0, 0.05) is 23.7 Å². The number of carbonyl (C=O) groups excluding carboxylic acids is 1. The van der Waals surface area contributed by atoms with E-state index in [4.69, 9.17) is 16.3 Å². The second-order valence-corrected chi connectivity index (χ2v) is 9.01. The smallest absolute Gasteiger partial charge is 0.251 e. The maximum absolute atomic E-state index is 14.2. The molecule has 2 aromatic carbocycles. The van der Waals surface area contributed by atoms with Gasteiger partial charge >= 0.3 is 0 Å². The summed E-state index contributed by atoms with van der Waals surface area (Å²) in [5, 5.41) is 3.23. The first kappa shape index (κ1) is 21.5. The third-order valence-corrected chi connectivity index (χ3v) is 6.76. The van der Waals surface area contributed by atoms with Gasteiger partial charge in [-0.15, -0.1) is 0 Å².